The van der Waals surface area contributed by atoms with Crippen LogP contribution in [0.4, 0.5) is 22.7 Å². The standard InChI is InChI=1S/C24H36N4/c1-3-5-7-19-17-21(9-11-23(19)25)27-13-15-28(16-14-27)22-10-12-24(26)20(18-22)8-6-4-2/h9-12,17-18H,3-8,13-16,25-26H2,1-2H3. The van der Waals surface area contributed by atoms with Crippen LogP contribution in [0.1, 0.15) is 50.7 Å². The first-order valence-electron chi connectivity index (χ1n) is 10.9. The van der Waals surface area contributed by atoms with Gasteiger partial charge >= 0.3 is 0 Å². The van der Waals surface area contributed by atoms with Crippen molar-refractivity contribution in [3.8, 4) is 0 Å². The molecule has 1 heterocycles. The average molecular weight is 381 g/mol. The normalized spacial score (nSPS) is 14.5. The van der Waals surface area contributed by atoms with Crippen LogP contribution in [0.5, 0.6) is 0 Å². The fourth-order valence-electron chi connectivity index (χ4n) is 3.97. The quantitative estimate of drug-likeness (QED) is 0.642. The van der Waals surface area contributed by atoms with E-state index in [1.54, 1.807) is 0 Å². The minimum atomic E-state index is 0.928. The summed E-state index contributed by atoms with van der Waals surface area (Å²) < 4.78 is 0. The Morgan fingerprint density at radius 1 is 0.679 bits per heavy atom. The van der Waals surface area contributed by atoms with Crippen LogP contribution in [0.2, 0.25) is 0 Å². The van der Waals surface area contributed by atoms with Gasteiger partial charge in [0.25, 0.3) is 0 Å². The number of hydrogen-bond donors (Lipinski definition) is 2. The van der Waals surface area contributed by atoms with Crippen molar-refractivity contribution in [3.05, 3.63) is 47.5 Å². The Kier molecular flexibility index (Phi) is 7.07. The lowest BCUT2D eigenvalue weighted by atomic mass is 10.0. The van der Waals surface area contributed by atoms with Gasteiger partial charge in [0.1, 0.15) is 0 Å². The second-order valence-electron chi connectivity index (χ2n) is 7.95. The number of anilines is 4. The Morgan fingerprint density at radius 2 is 1.07 bits per heavy atom. The predicted octanol–water partition coefficient (Wildman–Crippen LogP) is 4.86. The topological polar surface area (TPSA) is 58.5 Å². The minimum absolute atomic E-state index is 0.928. The Hall–Kier alpha value is -2.36. The van der Waals surface area contributed by atoms with Crippen LogP contribution in [0.3, 0.4) is 0 Å². The molecule has 3 rings (SSSR count). The molecule has 0 aliphatic carbocycles. The van der Waals surface area contributed by atoms with Gasteiger partial charge in [0.15, 0.2) is 0 Å². The third-order valence-electron chi connectivity index (χ3n) is 5.86. The van der Waals surface area contributed by atoms with Crippen LogP contribution in [0.25, 0.3) is 0 Å². The highest BCUT2D eigenvalue weighted by atomic mass is 15.3. The molecule has 1 saturated heterocycles. The molecule has 152 valence electrons. The van der Waals surface area contributed by atoms with Crippen LogP contribution in [0, 0.1) is 0 Å². The van der Waals surface area contributed by atoms with Gasteiger partial charge in [-0.1, -0.05) is 26.7 Å². The van der Waals surface area contributed by atoms with Crippen molar-refractivity contribution in [1.29, 1.82) is 0 Å². The van der Waals surface area contributed by atoms with Crippen molar-refractivity contribution in [2.24, 2.45) is 0 Å². The summed E-state index contributed by atoms with van der Waals surface area (Å²) in [4.78, 5) is 4.97. The van der Waals surface area contributed by atoms with Crippen molar-refractivity contribution in [2.45, 2.75) is 52.4 Å². The number of nitrogens with two attached hydrogens (primary N) is 2. The van der Waals surface area contributed by atoms with Crippen LogP contribution in [-0.4, -0.2) is 26.2 Å². The molecule has 0 radical (unpaired) electrons. The molecule has 0 saturated carbocycles. The molecule has 0 spiro atoms. The summed E-state index contributed by atoms with van der Waals surface area (Å²) in [5.74, 6) is 0. The summed E-state index contributed by atoms with van der Waals surface area (Å²) in [5.41, 5.74) is 19.4. The molecule has 1 aliphatic rings. The number of nitrogen functional groups attached to an aromatic ring is 2. The molecule has 4 nitrogen and oxygen atoms in total. The zero-order chi connectivity index (χ0) is 19.9. The van der Waals surface area contributed by atoms with Crippen LogP contribution >= 0.6 is 0 Å². The summed E-state index contributed by atoms with van der Waals surface area (Å²) in [6.07, 6.45) is 6.93. The maximum atomic E-state index is 6.18. The third kappa shape index (κ3) is 4.92. The minimum Gasteiger partial charge on any atom is -0.399 e. The molecule has 0 atom stereocenters. The van der Waals surface area contributed by atoms with Gasteiger partial charge in [-0.2, -0.15) is 0 Å². The lowest BCUT2D eigenvalue weighted by Gasteiger charge is -2.38. The van der Waals surface area contributed by atoms with E-state index in [9.17, 15) is 0 Å². The molecule has 0 amide bonds. The lowest BCUT2D eigenvalue weighted by molar-refractivity contribution is 0.652. The van der Waals surface area contributed by atoms with Gasteiger partial charge in [0.05, 0.1) is 0 Å². The van der Waals surface area contributed by atoms with Crippen molar-refractivity contribution in [3.63, 3.8) is 0 Å². The molecule has 4 heteroatoms. The second kappa shape index (κ2) is 9.72. The molecule has 4 N–H and O–H groups in total. The molecule has 1 aliphatic heterocycles. The second-order valence-corrected chi connectivity index (χ2v) is 7.95. The summed E-state index contributed by atoms with van der Waals surface area (Å²) in [6, 6.07) is 13.1. The van der Waals surface area contributed by atoms with Gasteiger partial charge in [0, 0.05) is 48.9 Å². The Morgan fingerprint density at radius 3 is 1.43 bits per heavy atom. The molecular weight excluding hydrogens is 344 g/mol. The van der Waals surface area contributed by atoms with Crippen LogP contribution < -0.4 is 21.3 Å². The van der Waals surface area contributed by atoms with Gasteiger partial charge in [-0.3, -0.25) is 0 Å². The van der Waals surface area contributed by atoms with E-state index in [1.165, 1.54) is 48.2 Å². The van der Waals surface area contributed by atoms with Crippen molar-refractivity contribution in [2.75, 3.05) is 47.4 Å². The highest BCUT2D eigenvalue weighted by molar-refractivity contribution is 5.61. The molecule has 1 fully saturated rings. The van der Waals surface area contributed by atoms with E-state index in [0.717, 1.165) is 50.4 Å². The Labute approximate surface area is 170 Å². The number of hydrogen-bond acceptors (Lipinski definition) is 4. The SMILES string of the molecule is CCCCc1cc(N2CCN(c3ccc(N)c(CCCC)c3)CC2)ccc1N. The Balaban J connectivity index is 1.65. The van der Waals surface area contributed by atoms with E-state index < -0.39 is 0 Å². The molecular formula is C24H36N4. The third-order valence-corrected chi connectivity index (χ3v) is 5.86. The zero-order valence-electron chi connectivity index (χ0n) is 17.6. The van der Waals surface area contributed by atoms with Crippen LogP contribution in [-0.2, 0) is 12.8 Å². The summed E-state index contributed by atoms with van der Waals surface area (Å²) in [7, 11) is 0. The monoisotopic (exact) mass is 380 g/mol. The van der Waals surface area contributed by atoms with Gasteiger partial charge in [-0.05, 0) is 73.2 Å². The average Bonchev–Trinajstić information content (AvgIpc) is 2.73. The largest absolute Gasteiger partial charge is 0.399 e. The number of benzene rings is 2. The molecule has 0 aromatic heterocycles. The number of aryl methyl sites for hydroxylation is 2. The van der Waals surface area contributed by atoms with E-state index in [1.807, 2.05) is 0 Å². The van der Waals surface area contributed by atoms with Crippen molar-refractivity contribution < 1.29 is 0 Å². The van der Waals surface area contributed by atoms with E-state index in [2.05, 4.69) is 60.0 Å². The number of nitrogens with zero attached hydrogens (tertiary/aromatic N) is 2. The summed E-state index contributed by atoms with van der Waals surface area (Å²) in [6.45, 7) is 8.59. The van der Waals surface area contributed by atoms with Crippen LogP contribution in [0.15, 0.2) is 36.4 Å². The fourth-order valence-corrected chi connectivity index (χ4v) is 3.97. The molecule has 2 aromatic rings. The molecule has 28 heavy (non-hydrogen) atoms. The Bertz CT molecular complexity index is 698. The predicted molar refractivity (Wildman–Crippen MR) is 123 cm³/mol. The summed E-state index contributed by atoms with van der Waals surface area (Å²) >= 11 is 0. The summed E-state index contributed by atoms with van der Waals surface area (Å²) in [5, 5.41) is 0. The van der Waals surface area contributed by atoms with E-state index in [4.69, 9.17) is 11.5 Å². The maximum absolute atomic E-state index is 6.18. The maximum Gasteiger partial charge on any atom is 0.0371 e. The van der Waals surface area contributed by atoms with Crippen molar-refractivity contribution in [1.82, 2.24) is 0 Å². The number of rotatable bonds is 8. The van der Waals surface area contributed by atoms with E-state index in [-0.39, 0.29) is 0 Å². The number of unbranched alkanes of at least 4 members (excludes halogenated alkanes) is 2. The first kappa shape index (κ1) is 20.4. The highest BCUT2D eigenvalue weighted by Crippen LogP contribution is 2.27. The van der Waals surface area contributed by atoms with Gasteiger partial charge in [-0.15, -0.1) is 0 Å². The van der Waals surface area contributed by atoms with Gasteiger partial charge in [-0.25, -0.2) is 0 Å². The molecule has 2 aromatic carbocycles. The van der Waals surface area contributed by atoms with Gasteiger partial charge < -0.3 is 21.3 Å². The lowest BCUT2D eigenvalue weighted by Crippen LogP contribution is -2.46. The smallest absolute Gasteiger partial charge is 0.0371 e. The molecule has 0 bridgehead atoms. The number of piperazine rings is 1. The van der Waals surface area contributed by atoms with Gasteiger partial charge in [0.2, 0.25) is 0 Å². The first-order chi connectivity index (χ1) is 13.6. The van der Waals surface area contributed by atoms with Crippen molar-refractivity contribution >= 4 is 22.7 Å². The fraction of sp³-hybridized carbons (Fsp3) is 0.500. The van der Waals surface area contributed by atoms with E-state index >= 15 is 0 Å². The van der Waals surface area contributed by atoms with E-state index in [0.29, 0.717) is 0 Å². The zero-order valence-corrected chi connectivity index (χ0v) is 17.6. The molecule has 0 unspecified atom stereocenters. The highest BCUT2D eigenvalue weighted by Gasteiger charge is 2.19. The first-order valence-corrected chi connectivity index (χ1v) is 10.9.